The van der Waals surface area contributed by atoms with Crippen LogP contribution >= 0.6 is 15.9 Å². The second-order valence-electron chi connectivity index (χ2n) is 3.76. The Kier molecular flexibility index (Phi) is 3.01. The third kappa shape index (κ3) is 1.97. The first-order valence-electron chi connectivity index (χ1n) is 5.22. The van der Waals surface area contributed by atoms with Gasteiger partial charge in [0.05, 0.1) is 5.69 Å². The van der Waals surface area contributed by atoms with Crippen LogP contribution in [0.1, 0.15) is 18.2 Å². The molecule has 0 aliphatic heterocycles. The van der Waals surface area contributed by atoms with Gasteiger partial charge in [-0.15, -0.1) is 0 Å². The molecule has 0 fully saturated rings. The molecule has 0 aliphatic rings. The SMILES string of the molecule is CCc1cc(N)nn1-c1ccc(Br)cc1C. The minimum Gasteiger partial charge on any atom is -0.382 e. The summed E-state index contributed by atoms with van der Waals surface area (Å²) in [5.74, 6) is 0.569. The molecule has 2 rings (SSSR count). The Hall–Kier alpha value is -1.29. The molecule has 0 spiro atoms. The van der Waals surface area contributed by atoms with E-state index in [9.17, 15) is 0 Å². The first-order chi connectivity index (χ1) is 7.61. The molecule has 0 radical (unpaired) electrons. The average molecular weight is 280 g/mol. The normalized spacial score (nSPS) is 10.7. The summed E-state index contributed by atoms with van der Waals surface area (Å²) in [6.45, 7) is 4.17. The van der Waals surface area contributed by atoms with Crippen LogP contribution in [-0.2, 0) is 6.42 Å². The summed E-state index contributed by atoms with van der Waals surface area (Å²) in [6, 6.07) is 8.05. The van der Waals surface area contributed by atoms with E-state index in [4.69, 9.17) is 5.73 Å². The van der Waals surface area contributed by atoms with Gasteiger partial charge in [-0.05, 0) is 37.1 Å². The molecule has 0 unspecified atom stereocenters. The third-order valence-electron chi connectivity index (χ3n) is 2.55. The van der Waals surface area contributed by atoms with Crippen molar-refractivity contribution in [2.75, 3.05) is 5.73 Å². The number of halogens is 1. The van der Waals surface area contributed by atoms with Crippen molar-refractivity contribution in [1.29, 1.82) is 0 Å². The molecular formula is C12H14BrN3. The van der Waals surface area contributed by atoms with Gasteiger partial charge in [-0.25, -0.2) is 4.68 Å². The molecule has 0 bridgehead atoms. The summed E-state index contributed by atoms with van der Waals surface area (Å²) in [4.78, 5) is 0. The third-order valence-corrected chi connectivity index (χ3v) is 3.04. The molecule has 4 heteroatoms. The van der Waals surface area contributed by atoms with Crippen LogP contribution in [-0.4, -0.2) is 9.78 Å². The number of nitrogens with two attached hydrogens (primary N) is 1. The molecule has 84 valence electrons. The number of anilines is 1. The minimum atomic E-state index is 0.569. The van der Waals surface area contributed by atoms with Crippen molar-refractivity contribution in [3.05, 3.63) is 40.0 Å². The van der Waals surface area contributed by atoms with E-state index in [1.54, 1.807) is 0 Å². The summed E-state index contributed by atoms with van der Waals surface area (Å²) in [5, 5.41) is 4.32. The standard InChI is InChI=1S/C12H14BrN3/c1-3-10-7-12(14)15-16(10)11-5-4-9(13)6-8(11)2/h4-7H,3H2,1-2H3,(H2,14,15). The van der Waals surface area contributed by atoms with Gasteiger partial charge in [0.2, 0.25) is 0 Å². The Balaban J connectivity index is 2.57. The first kappa shape index (κ1) is 11.2. The number of rotatable bonds is 2. The van der Waals surface area contributed by atoms with Gasteiger partial charge >= 0.3 is 0 Å². The van der Waals surface area contributed by atoms with Crippen molar-refractivity contribution < 1.29 is 0 Å². The van der Waals surface area contributed by atoms with Crippen LogP contribution in [0.5, 0.6) is 0 Å². The van der Waals surface area contributed by atoms with Gasteiger partial charge in [0.1, 0.15) is 5.82 Å². The van der Waals surface area contributed by atoms with E-state index in [1.165, 1.54) is 5.56 Å². The fourth-order valence-corrected chi connectivity index (χ4v) is 2.23. The molecule has 2 aromatic rings. The summed E-state index contributed by atoms with van der Waals surface area (Å²) in [7, 11) is 0. The Morgan fingerprint density at radius 1 is 1.38 bits per heavy atom. The van der Waals surface area contributed by atoms with Gasteiger partial charge in [0.15, 0.2) is 0 Å². The summed E-state index contributed by atoms with van der Waals surface area (Å²) >= 11 is 3.46. The lowest BCUT2D eigenvalue weighted by Crippen LogP contribution is -2.03. The van der Waals surface area contributed by atoms with Crippen LogP contribution in [0.3, 0.4) is 0 Å². The topological polar surface area (TPSA) is 43.8 Å². The molecule has 1 heterocycles. The minimum absolute atomic E-state index is 0.569. The number of nitrogens with zero attached hydrogens (tertiary/aromatic N) is 2. The lowest BCUT2D eigenvalue weighted by molar-refractivity contribution is 0.811. The predicted octanol–water partition coefficient (Wildman–Crippen LogP) is 3.09. The highest BCUT2D eigenvalue weighted by molar-refractivity contribution is 9.10. The van der Waals surface area contributed by atoms with Crippen LogP contribution in [0.15, 0.2) is 28.7 Å². The quantitative estimate of drug-likeness (QED) is 0.918. The molecule has 0 amide bonds. The van der Waals surface area contributed by atoms with Crippen molar-refractivity contribution in [1.82, 2.24) is 9.78 Å². The van der Waals surface area contributed by atoms with Gasteiger partial charge < -0.3 is 5.73 Å². The van der Waals surface area contributed by atoms with Gasteiger partial charge in [0, 0.05) is 16.2 Å². The molecule has 0 saturated heterocycles. The molecule has 2 N–H and O–H groups in total. The smallest absolute Gasteiger partial charge is 0.146 e. The van der Waals surface area contributed by atoms with Crippen molar-refractivity contribution >= 4 is 21.7 Å². The molecule has 0 aliphatic carbocycles. The van der Waals surface area contributed by atoms with E-state index in [1.807, 2.05) is 22.9 Å². The molecular weight excluding hydrogens is 266 g/mol. The zero-order chi connectivity index (χ0) is 11.7. The molecule has 16 heavy (non-hydrogen) atoms. The summed E-state index contributed by atoms with van der Waals surface area (Å²) < 4.78 is 2.99. The second-order valence-corrected chi connectivity index (χ2v) is 4.67. The number of nitrogen functional groups attached to an aromatic ring is 1. The Morgan fingerprint density at radius 2 is 2.12 bits per heavy atom. The maximum Gasteiger partial charge on any atom is 0.146 e. The second kappa shape index (κ2) is 4.29. The van der Waals surface area contributed by atoms with Gasteiger partial charge in [-0.1, -0.05) is 22.9 Å². The number of hydrogen-bond donors (Lipinski definition) is 1. The Labute approximate surface area is 103 Å². The molecule has 3 nitrogen and oxygen atoms in total. The fraction of sp³-hybridized carbons (Fsp3) is 0.250. The van der Waals surface area contributed by atoms with E-state index in [-0.39, 0.29) is 0 Å². The predicted molar refractivity (Wildman–Crippen MR) is 69.8 cm³/mol. The fourth-order valence-electron chi connectivity index (χ4n) is 1.76. The maximum atomic E-state index is 5.73. The largest absolute Gasteiger partial charge is 0.382 e. The number of aromatic nitrogens is 2. The van der Waals surface area contributed by atoms with Crippen LogP contribution in [0.25, 0.3) is 5.69 Å². The monoisotopic (exact) mass is 279 g/mol. The van der Waals surface area contributed by atoms with E-state index in [0.29, 0.717) is 5.82 Å². The molecule has 0 saturated carbocycles. The van der Waals surface area contributed by atoms with Crippen LogP contribution < -0.4 is 5.73 Å². The van der Waals surface area contributed by atoms with Gasteiger partial charge in [-0.3, -0.25) is 0 Å². The van der Waals surface area contributed by atoms with Crippen molar-refractivity contribution in [2.24, 2.45) is 0 Å². The highest BCUT2D eigenvalue weighted by Gasteiger charge is 2.08. The highest BCUT2D eigenvalue weighted by Crippen LogP contribution is 2.21. The van der Waals surface area contributed by atoms with Gasteiger partial charge in [0.25, 0.3) is 0 Å². The highest BCUT2D eigenvalue weighted by atomic mass is 79.9. The maximum absolute atomic E-state index is 5.73. The van der Waals surface area contributed by atoms with E-state index in [2.05, 4.69) is 40.9 Å². The Bertz CT molecular complexity index is 517. The summed E-state index contributed by atoms with van der Waals surface area (Å²) in [6.07, 6.45) is 0.916. The zero-order valence-corrected chi connectivity index (χ0v) is 11.0. The summed E-state index contributed by atoms with van der Waals surface area (Å²) in [5.41, 5.74) is 9.11. The van der Waals surface area contributed by atoms with Crippen molar-refractivity contribution in [3.8, 4) is 5.69 Å². The molecule has 1 aromatic carbocycles. The zero-order valence-electron chi connectivity index (χ0n) is 9.37. The van der Waals surface area contributed by atoms with Crippen molar-refractivity contribution in [2.45, 2.75) is 20.3 Å². The molecule has 1 aromatic heterocycles. The van der Waals surface area contributed by atoms with Gasteiger partial charge in [-0.2, -0.15) is 5.10 Å². The molecule has 0 atom stereocenters. The number of hydrogen-bond acceptors (Lipinski definition) is 2. The van der Waals surface area contributed by atoms with Crippen molar-refractivity contribution in [3.63, 3.8) is 0 Å². The number of aryl methyl sites for hydroxylation is 2. The Morgan fingerprint density at radius 3 is 2.75 bits per heavy atom. The van der Waals surface area contributed by atoms with Crippen LogP contribution in [0, 0.1) is 6.92 Å². The van der Waals surface area contributed by atoms with E-state index in [0.717, 1.165) is 22.3 Å². The lowest BCUT2D eigenvalue weighted by atomic mass is 10.2. The van der Waals surface area contributed by atoms with E-state index >= 15 is 0 Å². The van der Waals surface area contributed by atoms with Crippen LogP contribution in [0.4, 0.5) is 5.82 Å². The average Bonchev–Trinajstić information content (AvgIpc) is 2.59. The number of benzene rings is 1. The first-order valence-corrected chi connectivity index (χ1v) is 6.02. The van der Waals surface area contributed by atoms with Crippen LogP contribution in [0.2, 0.25) is 0 Å². The van der Waals surface area contributed by atoms with E-state index < -0.39 is 0 Å². The lowest BCUT2D eigenvalue weighted by Gasteiger charge is -2.09.